The fourth-order valence-corrected chi connectivity index (χ4v) is 3.57. The zero-order valence-corrected chi connectivity index (χ0v) is 14.0. The van der Waals surface area contributed by atoms with Crippen molar-refractivity contribution >= 4 is 29.2 Å². The lowest BCUT2D eigenvalue weighted by atomic mass is 9.87. The highest BCUT2D eigenvalue weighted by Crippen LogP contribution is 2.44. The van der Waals surface area contributed by atoms with Crippen LogP contribution in [-0.2, 0) is 14.0 Å². The third kappa shape index (κ3) is 2.54. The number of carbonyl (C=O) groups excluding carboxylic acids is 1. The summed E-state index contributed by atoms with van der Waals surface area (Å²) in [6, 6.07) is 2.07. The van der Waals surface area contributed by atoms with Gasteiger partial charge in [-0.25, -0.2) is 4.79 Å². The number of esters is 1. The van der Waals surface area contributed by atoms with Crippen LogP contribution in [0.2, 0.25) is 0 Å². The van der Waals surface area contributed by atoms with Crippen LogP contribution < -0.4 is 4.78 Å². The summed E-state index contributed by atoms with van der Waals surface area (Å²) < 4.78 is 18.0. The van der Waals surface area contributed by atoms with E-state index in [1.807, 2.05) is 27.7 Å². The van der Waals surface area contributed by atoms with Gasteiger partial charge in [-0.15, -0.1) is 11.3 Å². The van der Waals surface area contributed by atoms with Gasteiger partial charge < -0.3 is 14.0 Å². The van der Waals surface area contributed by atoms with Gasteiger partial charge in [0.1, 0.15) is 4.88 Å². The molecule has 3 rings (SSSR count). The number of methoxy groups -OCH3 is 1. The summed E-state index contributed by atoms with van der Waals surface area (Å²) in [5.41, 5.74) is 0.358. The number of rotatable bonds is 3. The van der Waals surface area contributed by atoms with E-state index in [1.54, 1.807) is 0 Å². The van der Waals surface area contributed by atoms with Crippen LogP contribution in [0.3, 0.4) is 0 Å². The van der Waals surface area contributed by atoms with Crippen LogP contribution in [0.1, 0.15) is 61.7 Å². The Bertz CT molecular complexity index is 558. The number of hydrogen-bond donors (Lipinski definition) is 0. The van der Waals surface area contributed by atoms with Crippen molar-refractivity contribution in [2.75, 3.05) is 7.11 Å². The number of ether oxygens (including phenoxy) is 1. The summed E-state index contributed by atoms with van der Waals surface area (Å²) in [7, 11) is 1.02. The lowest BCUT2D eigenvalue weighted by molar-refractivity contribution is 0.00578. The molecule has 0 spiro atoms. The number of carbonyl (C=O) groups is 1. The normalized spacial score (nSPS) is 23.4. The van der Waals surface area contributed by atoms with Gasteiger partial charge >= 0.3 is 13.1 Å². The second-order valence-corrected chi connectivity index (χ2v) is 7.87. The van der Waals surface area contributed by atoms with Crippen molar-refractivity contribution in [2.45, 2.75) is 57.7 Å². The minimum atomic E-state index is -0.407. The number of thiophene rings is 1. The molecule has 114 valence electrons. The third-order valence-corrected chi connectivity index (χ3v) is 5.81. The van der Waals surface area contributed by atoms with Gasteiger partial charge in [-0.3, -0.25) is 0 Å². The van der Waals surface area contributed by atoms with Gasteiger partial charge in [0.2, 0.25) is 0 Å². The Balaban J connectivity index is 1.92. The second-order valence-electron chi connectivity index (χ2n) is 6.79. The largest absolute Gasteiger partial charge is 0.505 e. The van der Waals surface area contributed by atoms with Gasteiger partial charge in [0, 0.05) is 4.78 Å². The monoisotopic (exact) mass is 308 g/mol. The molecule has 2 fully saturated rings. The minimum Gasteiger partial charge on any atom is -0.465 e. The van der Waals surface area contributed by atoms with Crippen LogP contribution in [-0.4, -0.2) is 31.4 Å². The van der Waals surface area contributed by atoms with E-state index in [2.05, 4.69) is 6.07 Å². The third-order valence-electron chi connectivity index (χ3n) is 4.65. The first-order valence-corrected chi connectivity index (χ1v) is 8.14. The van der Waals surface area contributed by atoms with Crippen molar-refractivity contribution < 1.29 is 18.8 Å². The molecule has 1 saturated heterocycles. The van der Waals surface area contributed by atoms with Crippen LogP contribution in [0.4, 0.5) is 0 Å². The molecule has 0 radical (unpaired) electrons. The zero-order valence-electron chi connectivity index (χ0n) is 13.2. The highest BCUT2D eigenvalue weighted by atomic mass is 32.1. The van der Waals surface area contributed by atoms with Gasteiger partial charge in [0.25, 0.3) is 0 Å². The van der Waals surface area contributed by atoms with E-state index in [-0.39, 0.29) is 17.2 Å². The predicted octanol–water partition coefficient (Wildman–Crippen LogP) is 2.71. The van der Waals surface area contributed by atoms with Crippen molar-refractivity contribution in [3.63, 3.8) is 0 Å². The van der Waals surface area contributed by atoms with Gasteiger partial charge in [-0.05, 0) is 58.1 Å². The van der Waals surface area contributed by atoms with Crippen LogP contribution in [0.15, 0.2) is 6.07 Å². The van der Waals surface area contributed by atoms with Crippen LogP contribution in [0, 0.1) is 0 Å². The Hall–Kier alpha value is -0.845. The zero-order chi connectivity index (χ0) is 15.4. The van der Waals surface area contributed by atoms with Crippen molar-refractivity contribution in [1.29, 1.82) is 0 Å². The molecule has 6 heteroatoms. The van der Waals surface area contributed by atoms with Crippen molar-refractivity contribution in [2.24, 2.45) is 0 Å². The van der Waals surface area contributed by atoms with E-state index in [4.69, 9.17) is 14.0 Å². The van der Waals surface area contributed by atoms with Gasteiger partial charge in [-0.2, -0.15) is 0 Å². The molecule has 2 aliphatic rings. The van der Waals surface area contributed by atoms with Gasteiger partial charge in [0.15, 0.2) is 0 Å². The molecule has 0 amide bonds. The Labute approximate surface area is 129 Å². The van der Waals surface area contributed by atoms with Crippen LogP contribution in [0.5, 0.6) is 0 Å². The maximum atomic E-state index is 12.0. The molecule has 0 aromatic carbocycles. The average molecular weight is 308 g/mol. The molecule has 1 aromatic rings. The molecule has 21 heavy (non-hydrogen) atoms. The first-order chi connectivity index (χ1) is 9.75. The molecule has 0 unspecified atom stereocenters. The molecule has 4 nitrogen and oxygen atoms in total. The van der Waals surface area contributed by atoms with Gasteiger partial charge in [0.05, 0.1) is 18.3 Å². The van der Waals surface area contributed by atoms with Crippen LogP contribution >= 0.6 is 11.3 Å². The lowest BCUT2D eigenvalue weighted by Gasteiger charge is -2.32. The molecule has 0 N–H and O–H groups in total. The standard InChI is InChI=1S/C15H21BO4S/c1-14(2)15(3,4)20-16(19-14)11-8-10(9-6-7-9)12(21-11)13(17)18-5/h8-9H,6-7H2,1-5H3. The highest BCUT2D eigenvalue weighted by molar-refractivity contribution is 7.24. The Morgan fingerprint density at radius 2 is 1.86 bits per heavy atom. The lowest BCUT2D eigenvalue weighted by Crippen LogP contribution is -2.41. The topological polar surface area (TPSA) is 44.8 Å². The van der Waals surface area contributed by atoms with E-state index >= 15 is 0 Å². The van der Waals surface area contributed by atoms with Crippen LogP contribution in [0.25, 0.3) is 0 Å². The van der Waals surface area contributed by atoms with E-state index in [9.17, 15) is 4.79 Å². The molecule has 1 aromatic heterocycles. The molecular formula is C15H21BO4S. The minimum absolute atomic E-state index is 0.260. The fraction of sp³-hybridized carbons (Fsp3) is 0.667. The first-order valence-electron chi connectivity index (χ1n) is 7.33. The Morgan fingerprint density at radius 3 is 2.33 bits per heavy atom. The Kier molecular flexibility index (Phi) is 3.47. The maximum Gasteiger partial charge on any atom is 0.505 e. The predicted molar refractivity (Wildman–Crippen MR) is 83.3 cm³/mol. The van der Waals surface area contributed by atoms with E-state index in [0.717, 1.165) is 23.2 Å². The summed E-state index contributed by atoms with van der Waals surface area (Å²) in [6.07, 6.45) is 2.28. The molecular weight excluding hydrogens is 287 g/mol. The number of hydrogen-bond acceptors (Lipinski definition) is 5. The summed E-state index contributed by atoms with van der Waals surface area (Å²) >= 11 is 1.43. The quantitative estimate of drug-likeness (QED) is 0.636. The van der Waals surface area contributed by atoms with E-state index in [0.29, 0.717) is 10.8 Å². The maximum absolute atomic E-state index is 12.0. The highest BCUT2D eigenvalue weighted by Gasteiger charge is 2.52. The summed E-state index contributed by atoms with van der Waals surface area (Å²) in [5, 5.41) is 0. The van der Waals surface area contributed by atoms with E-state index < -0.39 is 7.12 Å². The van der Waals surface area contributed by atoms with E-state index in [1.165, 1.54) is 18.4 Å². The smallest absolute Gasteiger partial charge is 0.465 e. The SMILES string of the molecule is COC(=O)c1sc(B2OC(C)(C)C(C)(C)O2)cc1C1CC1. The second kappa shape index (κ2) is 4.83. The fourth-order valence-electron chi connectivity index (χ4n) is 2.45. The summed E-state index contributed by atoms with van der Waals surface area (Å²) in [6.45, 7) is 8.13. The molecule has 1 aliphatic carbocycles. The summed E-state index contributed by atoms with van der Waals surface area (Å²) in [5.74, 6) is 0.233. The molecule has 0 atom stereocenters. The summed E-state index contributed by atoms with van der Waals surface area (Å²) in [4.78, 5) is 12.7. The Morgan fingerprint density at radius 1 is 1.29 bits per heavy atom. The van der Waals surface area contributed by atoms with Crippen molar-refractivity contribution in [1.82, 2.24) is 0 Å². The van der Waals surface area contributed by atoms with Crippen molar-refractivity contribution in [3.05, 3.63) is 16.5 Å². The molecule has 1 aliphatic heterocycles. The molecule has 1 saturated carbocycles. The van der Waals surface area contributed by atoms with Crippen molar-refractivity contribution in [3.8, 4) is 0 Å². The van der Waals surface area contributed by atoms with Gasteiger partial charge in [-0.1, -0.05) is 0 Å². The first kappa shape index (κ1) is 15.1. The molecule has 2 heterocycles. The molecule has 0 bridgehead atoms. The average Bonchev–Trinajstić information content (AvgIpc) is 3.10.